The van der Waals surface area contributed by atoms with Crippen LogP contribution in [0, 0.1) is 0 Å². The Morgan fingerprint density at radius 2 is 2.06 bits per heavy atom. The monoisotopic (exact) mass is 222 g/mol. The highest BCUT2D eigenvalue weighted by Gasteiger charge is 2.43. The molecular formula is C13H18O3. The molecule has 0 unspecified atom stereocenters. The zero-order valence-corrected chi connectivity index (χ0v) is 9.47. The second-order valence-corrected chi connectivity index (χ2v) is 4.68. The van der Waals surface area contributed by atoms with Crippen molar-refractivity contribution in [2.75, 3.05) is 0 Å². The fourth-order valence-corrected chi connectivity index (χ4v) is 2.09. The van der Waals surface area contributed by atoms with E-state index in [4.69, 9.17) is 4.74 Å². The summed E-state index contributed by atoms with van der Waals surface area (Å²) in [6.45, 7) is 2.14. The molecule has 0 heterocycles. The van der Waals surface area contributed by atoms with E-state index in [1.54, 1.807) is 6.92 Å². The lowest BCUT2D eigenvalue weighted by atomic mass is 10.0. The zero-order valence-electron chi connectivity index (χ0n) is 9.47. The molecule has 0 saturated heterocycles. The van der Waals surface area contributed by atoms with Gasteiger partial charge in [0.1, 0.15) is 6.10 Å². The van der Waals surface area contributed by atoms with Crippen molar-refractivity contribution >= 4 is 0 Å². The average Bonchev–Trinajstić information content (AvgIpc) is 2.54. The molecule has 0 amide bonds. The summed E-state index contributed by atoms with van der Waals surface area (Å²) >= 11 is 0. The molecule has 1 aliphatic carbocycles. The van der Waals surface area contributed by atoms with Crippen LogP contribution in [0.1, 0.15) is 25.3 Å². The number of hydrogen-bond donors (Lipinski definition) is 2. The molecule has 0 bridgehead atoms. The summed E-state index contributed by atoms with van der Waals surface area (Å²) in [5.41, 5.74) is 0.0858. The minimum Gasteiger partial charge on any atom is -0.387 e. The standard InChI is InChI=1S/C13H18O3/c1-13(15)8-7-11(12(13)14)16-9-10-5-3-2-4-6-10/h2-6,11-12,14-15H,7-9H2,1H3/t11-,12+,13+/m0/s1. The van der Waals surface area contributed by atoms with Gasteiger partial charge < -0.3 is 14.9 Å². The molecule has 1 fully saturated rings. The van der Waals surface area contributed by atoms with E-state index in [9.17, 15) is 10.2 Å². The van der Waals surface area contributed by atoms with Gasteiger partial charge in [-0.15, -0.1) is 0 Å². The summed E-state index contributed by atoms with van der Waals surface area (Å²) in [4.78, 5) is 0. The maximum absolute atomic E-state index is 9.82. The summed E-state index contributed by atoms with van der Waals surface area (Å²) in [5.74, 6) is 0. The molecule has 1 aromatic carbocycles. The molecule has 88 valence electrons. The second-order valence-electron chi connectivity index (χ2n) is 4.68. The van der Waals surface area contributed by atoms with Crippen molar-refractivity contribution in [2.24, 2.45) is 0 Å². The predicted octanol–water partition coefficient (Wildman–Crippen LogP) is 1.48. The minimum atomic E-state index is -0.999. The Hall–Kier alpha value is -0.900. The fraction of sp³-hybridized carbons (Fsp3) is 0.538. The van der Waals surface area contributed by atoms with Gasteiger partial charge in [-0.05, 0) is 25.3 Å². The molecule has 3 heteroatoms. The van der Waals surface area contributed by atoms with E-state index < -0.39 is 11.7 Å². The van der Waals surface area contributed by atoms with E-state index in [2.05, 4.69) is 0 Å². The lowest BCUT2D eigenvalue weighted by Gasteiger charge is -2.24. The Morgan fingerprint density at radius 3 is 2.62 bits per heavy atom. The van der Waals surface area contributed by atoms with Gasteiger partial charge in [0, 0.05) is 0 Å². The van der Waals surface area contributed by atoms with Crippen LogP contribution in [0.25, 0.3) is 0 Å². The number of rotatable bonds is 3. The number of ether oxygens (including phenoxy) is 1. The van der Waals surface area contributed by atoms with E-state index in [1.165, 1.54) is 0 Å². The van der Waals surface area contributed by atoms with Gasteiger partial charge in [-0.25, -0.2) is 0 Å². The Bertz CT molecular complexity index is 334. The molecule has 0 spiro atoms. The van der Waals surface area contributed by atoms with Gasteiger partial charge in [-0.1, -0.05) is 30.3 Å². The smallest absolute Gasteiger partial charge is 0.108 e. The summed E-state index contributed by atoms with van der Waals surface area (Å²) in [7, 11) is 0. The highest BCUT2D eigenvalue weighted by molar-refractivity contribution is 5.13. The van der Waals surface area contributed by atoms with Crippen LogP contribution in [0.2, 0.25) is 0 Å². The lowest BCUT2D eigenvalue weighted by molar-refractivity contribution is -0.0989. The van der Waals surface area contributed by atoms with E-state index >= 15 is 0 Å². The van der Waals surface area contributed by atoms with E-state index in [1.807, 2.05) is 30.3 Å². The van der Waals surface area contributed by atoms with Crippen LogP contribution in [0.5, 0.6) is 0 Å². The van der Waals surface area contributed by atoms with Crippen LogP contribution in [-0.4, -0.2) is 28.0 Å². The Morgan fingerprint density at radius 1 is 1.38 bits per heavy atom. The van der Waals surface area contributed by atoms with Crippen LogP contribution < -0.4 is 0 Å². The Labute approximate surface area is 95.7 Å². The normalized spacial score (nSPS) is 34.2. The van der Waals surface area contributed by atoms with Crippen LogP contribution in [0.3, 0.4) is 0 Å². The van der Waals surface area contributed by atoms with Crippen molar-refractivity contribution < 1.29 is 14.9 Å². The second kappa shape index (κ2) is 4.53. The van der Waals surface area contributed by atoms with E-state index in [0.29, 0.717) is 19.4 Å². The van der Waals surface area contributed by atoms with Gasteiger partial charge in [0.25, 0.3) is 0 Å². The SMILES string of the molecule is C[C@@]1(O)CC[C@H](OCc2ccccc2)[C@H]1O. The van der Waals surface area contributed by atoms with Gasteiger partial charge in [-0.3, -0.25) is 0 Å². The van der Waals surface area contributed by atoms with Gasteiger partial charge in [-0.2, -0.15) is 0 Å². The quantitative estimate of drug-likeness (QED) is 0.814. The molecule has 3 atom stereocenters. The summed E-state index contributed by atoms with van der Waals surface area (Å²) < 4.78 is 5.63. The van der Waals surface area contributed by atoms with Crippen molar-refractivity contribution in [2.45, 2.75) is 44.2 Å². The molecule has 0 aliphatic heterocycles. The first-order valence-corrected chi connectivity index (χ1v) is 5.65. The summed E-state index contributed by atoms with van der Waals surface area (Å²) in [6.07, 6.45) is 0.264. The maximum atomic E-state index is 9.82. The summed E-state index contributed by atoms with van der Waals surface area (Å²) in [5, 5.41) is 19.6. The molecule has 3 nitrogen and oxygen atoms in total. The van der Waals surface area contributed by atoms with Crippen molar-refractivity contribution in [1.29, 1.82) is 0 Å². The third-order valence-corrected chi connectivity index (χ3v) is 3.23. The number of aliphatic hydroxyl groups is 2. The summed E-state index contributed by atoms with van der Waals surface area (Å²) in [6, 6.07) is 9.84. The van der Waals surface area contributed by atoms with Crippen LogP contribution in [0.15, 0.2) is 30.3 Å². The number of benzene rings is 1. The molecule has 1 saturated carbocycles. The molecule has 0 aromatic heterocycles. The van der Waals surface area contributed by atoms with Crippen molar-refractivity contribution in [3.8, 4) is 0 Å². The van der Waals surface area contributed by atoms with E-state index in [0.717, 1.165) is 5.56 Å². The highest BCUT2D eigenvalue weighted by atomic mass is 16.5. The van der Waals surface area contributed by atoms with E-state index in [-0.39, 0.29) is 6.10 Å². The minimum absolute atomic E-state index is 0.254. The molecular weight excluding hydrogens is 204 g/mol. The topological polar surface area (TPSA) is 49.7 Å². The van der Waals surface area contributed by atoms with Crippen LogP contribution in [-0.2, 0) is 11.3 Å². The van der Waals surface area contributed by atoms with Gasteiger partial charge in [0.2, 0.25) is 0 Å². The van der Waals surface area contributed by atoms with Crippen LogP contribution >= 0.6 is 0 Å². The van der Waals surface area contributed by atoms with Crippen molar-refractivity contribution in [3.63, 3.8) is 0 Å². The number of aliphatic hydroxyl groups excluding tert-OH is 1. The van der Waals surface area contributed by atoms with Gasteiger partial charge in [0.15, 0.2) is 0 Å². The third kappa shape index (κ3) is 2.43. The average molecular weight is 222 g/mol. The van der Waals surface area contributed by atoms with Crippen molar-refractivity contribution in [3.05, 3.63) is 35.9 Å². The highest BCUT2D eigenvalue weighted by Crippen LogP contribution is 2.32. The lowest BCUT2D eigenvalue weighted by Crippen LogP contribution is -2.39. The molecule has 16 heavy (non-hydrogen) atoms. The molecule has 0 radical (unpaired) electrons. The fourth-order valence-electron chi connectivity index (χ4n) is 2.09. The van der Waals surface area contributed by atoms with Gasteiger partial charge in [0.05, 0.1) is 18.3 Å². The first-order chi connectivity index (χ1) is 7.59. The first kappa shape index (κ1) is 11.6. The molecule has 2 rings (SSSR count). The molecule has 1 aromatic rings. The third-order valence-electron chi connectivity index (χ3n) is 3.23. The van der Waals surface area contributed by atoms with Gasteiger partial charge >= 0.3 is 0 Å². The molecule has 1 aliphatic rings. The van der Waals surface area contributed by atoms with Crippen molar-refractivity contribution in [1.82, 2.24) is 0 Å². The maximum Gasteiger partial charge on any atom is 0.108 e. The Kier molecular flexibility index (Phi) is 3.28. The predicted molar refractivity (Wildman–Crippen MR) is 60.9 cm³/mol. The number of hydrogen-bond acceptors (Lipinski definition) is 3. The van der Waals surface area contributed by atoms with Crippen LogP contribution in [0.4, 0.5) is 0 Å². The molecule has 2 N–H and O–H groups in total. The largest absolute Gasteiger partial charge is 0.387 e. The zero-order chi connectivity index (χ0) is 11.6. The Balaban J connectivity index is 1.88. The first-order valence-electron chi connectivity index (χ1n) is 5.65.